The number of allylic oxidation sites excluding steroid dienone is 2. The number of hydrogen-bond donors (Lipinski definition) is 5. The van der Waals surface area contributed by atoms with Crippen LogP contribution in [0.2, 0.25) is 0 Å². The lowest BCUT2D eigenvalue weighted by Crippen LogP contribution is -2.62. The zero-order chi connectivity index (χ0) is 28.3. The van der Waals surface area contributed by atoms with Gasteiger partial charge >= 0.3 is 5.97 Å². The van der Waals surface area contributed by atoms with Crippen molar-refractivity contribution in [3.63, 3.8) is 0 Å². The van der Waals surface area contributed by atoms with E-state index in [1.165, 1.54) is 5.57 Å². The zero-order valence-corrected chi connectivity index (χ0v) is 22.6. The normalized spacial score (nSPS) is 44.3. The molecule has 9 atom stereocenters. The molecule has 6 unspecified atom stereocenters. The molecule has 3 saturated carbocycles. The van der Waals surface area contributed by atoms with Gasteiger partial charge in [-0.2, -0.15) is 0 Å². The molecule has 1 amide bonds. The van der Waals surface area contributed by atoms with Crippen LogP contribution >= 0.6 is 0 Å². The highest BCUT2D eigenvalue weighted by atomic mass is 16.6. The Labute approximate surface area is 227 Å². The summed E-state index contributed by atoms with van der Waals surface area (Å²) in [5.41, 5.74) is -0.824. The number of ketones is 1. The minimum Gasteiger partial charge on any atom is -0.480 e. The number of amides is 1. The topological polar surface area (TPSA) is 177 Å². The van der Waals surface area contributed by atoms with Gasteiger partial charge < -0.3 is 35.3 Å². The highest BCUT2D eigenvalue weighted by Crippen LogP contribution is 2.67. The second-order valence-corrected chi connectivity index (χ2v) is 12.7. The van der Waals surface area contributed by atoms with Gasteiger partial charge in [-0.3, -0.25) is 9.59 Å². The van der Waals surface area contributed by atoms with Crippen molar-refractivity contribution >= 4 is 23.4 Å². The number of likely N-dealkylation sites (tertiary alicyclic amines) is 1. The van der Waals surface area contributed by atoms with Crippen molar-refractivity contribution < 1.29 is 44.8 Å². The van der Waals surface area contributed by atoms with Crippen molar-refractivity contribution in [2.24, 2.45) is 33.7 Å². The number of aliphatic carboxylic acids is 1. The highest BCUT2D eigenvalue weighted by Gasteiger charge is 2.68. The van der Waals surface area contributed by atoms with Crippen molar-refractivity contribution in [1.29, 1.82) is 0 Å². The van der Waals surface area contributed by atoms with Crippen LogP contribution in [0.1, 0.15) is 65.2 Å². The van der Waals surface area contributed by atoms with E-state index in [-0.39, 0.29) is 36.1 Å². The fourth-order valence-corrected chi connectivity index (χ4v) is 8.94. The third-order valence-corrected chi connectivity index (χ3v) is 10.9. The fraction of sp³-hybridized carbons (Fsp3) is 0.786. The Hall–Kier alpha value is -2.34. The lowest BCUT2D eigenvalue weighted by Gasteiger charge is -2.60. The van der Waals surface area contributed by atoms with Gasteiger partial charge in [0.15, 0.2) is 12.4 Å². The Morgan fingerprint density at radius 3 is 2.59 bits per heavy atom. The summed E-state index contributed by atoms with van der Waals surface area (Å²) in [6, 6.07) is -1.07. The van der Waals surface area contributed by atoms with Gasteiger partial charge in [0.1, 0.15) is 18.2 Å². The third kappa shape index (κ3) is 4.32. The van der Waals surface area contributed by atoms with Gasteiger partial charge in [0.2, 0.25) is 0 Å². The molecule has 1 aliphatic heterocycles. The number of carbonyl (C=O) groups excluding carboxylic acids is 2. The van der Waals surface area contributed by atoms with Gasteiger partial charge in [-0.05, 0) is 74.2 Å². The number of rotatable bonds is 6. The molecule has 0 spiro atoms. The molecule has 216 valence electrons. The van der Waals surface area contributed by atoms with E-state index in [0.29, 0.717) is 31.4 Å². The van der Waals surface area contributed by atoms with E-state index in [1.807, 2.05) is 13.0 Å². The first-order valence-corrected chi connectivity index (χ1v) is 14.0. The number of hydrogen-bond acceptors (Lipinski definition) is 9. The number of β-amino-alcohol motifs (C(OH)–C–C–N with tert-alkyl or cyclic N) is 1. The van der Waals surface area contributed by atoms with Crippen molar-refractivity contribution in [3.8, 4) is 0 Å². The maximum absolute atomic E-state index is 12.6. The van der Waals surface area contributed by atoms with Crippen LogP contribution in [0.4, 0.5) is 0 Å². The lowest BCUT2D eigenvalue weighted by molar-refractivity contribution is -0.181. The summed E-state index contributed by atoms with van der Waals surface area (Å²) in [6.07, 6.45) is 4.61. The van der Waals surface area contributed by atoms with Gasteiger partial charge in [-0.15, -0.1) is 0 Å². The second kappa shape index (κ2) is 9.94. The molecule has 4 aliphatic carbocycles. The summed E-state index contributed by atoms with van der Waals surface area (Å²) in [5.74, 6) is -2.06. The summed E-state index contributed by atoms with van der Waals surface area (Å²) in [6.45, 7) is 2.91. The van der Waals surface area contributed by atoms with Crippen molar-refractivity contribution in [2.45, 2.75) is 89.1 Å². The Bertz CT molecular complexity index is 1110. The van der Waals surface area contributed by atoms with Crippen LogP contribution in [0.5, 0.6) is 0 Å². The first-order valence-electron chi connectivity index (χ1n) is 14.0. The smallest absolute Gasteiger partial charge is 0.326 e. The summed E-state index contributed by atoms with van der Waals surface area (Å²) in [7, 11) is 0. The average Bonchev–Trinajstić information content (AvgIpc) is 3.41. The van der Waals surface area contributed by atoms with Crippen LogP contribution in [-0.2, 0) is 19.2 Å². The summed E-state index contributed by atoms with van der Waals surface area (Å²) >= 11 is 0. The first-order chi connectivity index (χ1) is 18.4. The Kier molecular flexibility index (Phi) is 7.18. The molecule has 1 heterocycles. The molecule has 0 aromatic carbocycles. The van der Waals surface area contributed by atoms with E-state index >= 15 is 0 Å². The Balaban J connectivity index is 1.29. The summed E-state index contributed by atoms with van der Waals surface area (Å²) in [4.78, 5) is 42.9. The number of oxime groups is 1. The number of nitrogens with zero attached hydrogens (tertiary/aromatic N) is 2. The molecule has 5 N–H and O–H groups in total. The molecule has 0 aromatic heterocycles. The third-order valence-electron chi connectivity index (χ3n) is 10.9. The lowest BCUT2D eigenvalue weighted by atomic mass is 9.45. The van der Waals surface area contributed by atoms with Crippen LogP contribution in [-0.4, -0.2) is 97.4 Å². The first kappa shape index (κ1) is 28.2. The highest BCUT2D eigenvalue weighted by molar-refractivity contribution is 5.96. The number of aliphatic hydroxyl groups excluding tert-OH is 3. The molecule has 39 heavy (non-hydrogen) atoms. The van der Waals surface area contributed by atoms with E-state index < -0.39 is 60.1 Å². The standard InChI is InChI=1S/C28H40N2O9/c1-26-7-5-16(29-39-14-23(35)30-12-17(32)10-20(30)25(36)37)9-15(26)3-4-18-19-6-8-28(38,22(34)13-31)27(19,2)11-21(33)24(18)26/h9,17-21,24,31-33,38H,3-8,10-14H2,1-2H3,(H,36,37)/b29-16+/t17?,18?,19?,20?,21?,24?,26-,27-,28-/m0/s1. The number of Topliss-reactive ketones (excluding diaryl/α,β-unsaturated/α-hetero) is 1. The monoisotopic (exact) mass is 548 g/mol. The summed E-state index contributed by atoms with van der Waals surface area (Å²) < 4.78 is 0. The molecule has 0 bridgehead atoms. The van der Waals surface area contributed by atoms with Gasteiger partial charge in [0.25, 0.3) is 5.91 Å². The molecular formula is C28H40N2O9. The van der Waals surface area contributed by atoms with Crippen molar-refractivity contribution in [1.82, 2.24) is 4.90 Å². The summed E-state index contributed by atoms with van der Waals surface area (Å²) in [5, 5.41) is 55.6. The fourth-order valence-electron chi connectivity index (χ4n) is 8.94. The number of fused-ring (bicyclic) bond motifs is 5. The van der Waals surface area contributed by atoms with Gasteiger partial charge in [0.05, 0.1) is 17.9 Å². The van der Waals surface area contributed by atoms with Crippen LogP contribution < -0.4 is 0 Å². The van der Waals surface area contributed by atoms with Crippen LogP contribution in [0.25, 0.3) is 0 Å². The van der Waals surface area contributed by atoms with Crippen molar-refractivity contribution in [3.05, 3.63) is 11.6 Å². The molecule has 5 rings (SSSR count). The van der Waals surface area contributed by atoms with Crippen LogP contribution in [0, 0.1) is 28.6 Å². The van der Waals surface area contributed by atoms with Crippen LogP contribution in [0.15, 0.2) is 16.8 Å². The van der Waals surface area contributed by atoms with E-state index in [4.69, 9.17) is 4.84 Å². The van der Waals surface area contributed by atoms with E-state index in [1.54, 1.807) is 0 Å². The zero-order valence-electron chi connectivity index (χ0n) is 22.6. The molecule has 1 saturated heterocycles. The Morgan fingerprint density at radius 2 is 1.90 bits per heavy atom. The van der Waals surface area contributed by atoms with Gasteiger partial charge in [-0.25, -0.2) is 4.79 Å². The molecule has 11 nitrogen and oxygen atoms in total. The van der Waals surface area contributed by atoms with Gasteiger partial charge in [0, 0.05) is 18.4 Å². The van der Waals surface area contributed by atoms with Crippen LogP contribution in [0.3, 0.4) is 0 Å². The average molecular weight is 549 g/mol. The van der Waals surface area contributed by atoms with E-state index in [9.17, 15) is 39.9 Å². The number of carbonyl (C=O) groups is 3. The largest absolute Gasteiger partial charge is 0.480 e. The predicted octanol–water partition coefficient (Wildman–Crippen LogP) is 0.631. The minimum atomic E-state index is -1.62. The van der Waals surface area contributed by atoms with Crippen molar-refractivity contribution in [2.75, 3.05) is 19.8 Å². The van der Waals surface area contributed by atoms with E-state index in [2.05, 4.69) is 12.1 Å². The number of carboxylic acids is 1. The van der Waals surface area contributed by atoms with E-state index in [0.717, 1.165) is 24.2 Å². The molecular weight excluding hydrogens is 508 g/mol. The molecule has 4 fully saturated rings. The maximum Gasteiger partial charge on any atom is 0.326 e. The molecule has 11 heteroatoms. The number of carboxylic acid groups (broad SMARTS) is 1. The molecule has 0 aromatic rings. The predicted molar refractivity (Wildman–Crippen MR) is 137 cm³/mol. The maximum atomic E-state index is 12.6. The Morgan fingerprint density at radius 1 is 1.15 bits per heavy atom. The quantitative estimate of drug-likeness (QED) is 0.298. The minimum absolute atomic E-state index is 0.00861. The second-order valence-electron chi connectivity index (χ2n) is 12.7. The van der Waals surface area contributed by atoms with Gasteiger partial charge in [-0.1, -0.05) is 24.6 Å². The SMILES string of the molecule is C[C@]12CC/C(=N\OCC(=O)N3CC(O)CC3C(=O)O)C=C1CCC1C2C(O)C[C@@]2(C)C1CC[C@]2(O)C(=O)CO. The molecule has 0 radical (unpaired) electrons. The number of aliphatic hydroxyl groups is 4. The molecule has 5 aliphatic rings.